The van der Waals surface area contributed by atoms with Crippen LogP contribution >= 0.6 is 23.2 Å². The molecule has 0 heterocycles. The van der Waals surface area contributed by atoms with Crippen LogP contribution in [-0.4, -0.2) is 6.04 Å². The minimum atomic E-state index is -0.298. The predicted molar refractivity (Wildman–Crippen MR) is 88.6 cm³/mol. The molecule has 1 nitrogen and oxygen atoms in total. The Hall–Kier alpha value is -1.09. The van der Waals surface area contributed by atoms with Gasteiger partial charge in [0.15, 0.2) is 0 Å². The Balaban J connectivity index is 2.51. The summed E-state index contributed by atoms with van der Waals surface area (Å²) in [6.45, 7) is 6.61. The number of aryl methyl sites for hydroxylation is 1. The Bertz CT molecular complexity index is 653. The molecule has 2 rings (SSSR count). The molecule has 0 atom stereocenters. The molecule has 4 heteroatoms. The zero-order valence-electron chi connectivity index (χ0n) is 12.3. The van der Waals surface area contributed by atoms with E-state index < -0.39 is 0 Å². The molecule has 0 bridgehead atoms. The van der Waals surface area contributed by atoms with E-state index in [4.69, 9.17) is 23.2 Å². The monoisotopic (exact) mass is 325 g/mol. The minimum absolute atomic E-state index is 0.298. The molecule has 0 saturated carbocycles. The highest BCUT2D eigenvalue weighted by molar-refractivity contribution is 6.34. The van der Waals surface area contributed by atoms with E-state index in [9.17, 15) is 4.39 Å². The van der Waals surface area contributed by atoms with Gasteiger partial charge in [-0.15, -0.1) is 0 Å². The lowest BCUT2D eigenvalue weighted by Gasteiger charge is -2.15. The van der Waals surface area contributed by atoms with Gasteiger partial charge in [0.1, 0.15) is 5.82 Å². The summed E-state index contributed by atoms with van der Waals surface area (Å²) < 4.78 is 13.6. The van der Waals surface area contributed by atoms with Gasteiger partial charge in [-0.3, -0.25) is 0 Å². The molecular formula is C17H18Cl2FN. The summed E-state index contributed by atoms with van der Waals surface area (Å²) in [6.07, 6.45) is 0. The fourth-order valence-corrected chi connectivity index (χ4v) is 2.56. The molecule has 0 aliphatic heterocycles. The molecule has 21 heavy (non-hydrogen) atoms. The van der Waals surface area contributed by atoms with E-state index in [1.54, 1.807) is 13.0 Å². The third-order valence-electron chi connectivity index (χ3n) is 3.31. The van der Waals surface area contributed by atoms with Crippen molar-refractivity contribution in [2.45, 2.75) is 33.4 Å². The van der Waals surface area contributed by atoms with Crippen molar-refractivity contribution >= 4 is 23.2 Å². The Morgan fingerprint density at radius 1 is 1.10 bits per heavy atom. The van der Waals surface area contributed by atoms with E-state index in [1.807, 2.05) is 18.2 Å². The molecule has 0 radical (unpaired) electrons. The molecule has 0 amide bonds. The molecule has 2 aromatic carbocycles. The van der Waals surface area contributed by atoms with Crippen LogP contribution in [-0.2, 0) is 6.54 Å². The summed E-state index contributed by atoms with van der Waals surface area (Å²) in [6, 6.07) is 9.19. The minimum Gasteiger partial charge on any atom is -0.310 e. The van der Waals surface area contributed by atoms with E-state index in [0.29, 0.717) is 28.2 Å². The summed E-state index contributed by atoms with van der Waals surface area (Å²) in [5, 5.41) is 4.41. The van der Waals surface area contributed by atoms with E-state index in [-0.39, 0.29) is 5.82 Å². The average molecular weight is 326 g/mol. The Kier molecular flexibility index (Phi) is 5.26. The predicted octanol–water partition coefficient (Wildman–Crippen LogP) is 5.61. The van der Waals surface area contributed by atoms with E-state index in [1.165, 1.54) is 6.07 Å². The van der Waals surface area contributed by atoms with Gasteiger partial charge in [-0.2, -0.15) is 0 Å². The van der Waals surface area contributed by atoms with Gasteiger partial charge in [-0.25, -0.2) is 4.39 Å². The van der Waals surface area contributed by atoms with Crippen molar-refractivity contribution in [2.75, 3.05) is 0 Å². The molecule has 0 aromatic heterocycles. The standard InChI is InChI=1S/C17H18Cl2FN/c1-10(2)21-9-12-4-5-13(18)7-14(12)15-6-11(3)17(20)8-16(15)19/h4-8,10,21H,9H2,1-3H3. The van der Waals surface area contributed by atoms with Crippen molar-refractivity contribution < 1.29 is 4.39 Å². The van der Waals surface area contributed by atoms with Gasteiger partial charge < -0.3 is 5.32 Å². The Morgan fingerprint density at radius 2 is 1.81 bits per heavy atom. The summed E-state index contributed by atoms with van der Waals surface area (Å²) in [4.78, 5) is 0. The second kappa shape index (κ2) is 6.78. The van der Waals surface area contributed by atoms with Crippen LogP contribution in [0.15, 0.2) is 30.3 Å². The lowest BCUT2D eigenvalue weighted by molar-refractivity contribution is 0.589. The van der Waals surface area contributed by atoms with Crippen LogP contribution in [0.2, 0.25) is 10.0 Å². The smallest absolute Gasteiger partial charge is 0.127 e. The number of nitrogens with one attached hydrogen (secondary N) is 1. The molecule has 112 valence electrons. The van der Waals surface area contributed by atoms with Crippen LogP contribution in [0.3, 0.4) is 0 Å². The van der Waals surface area contributed by atoms with Gasteiger partial charge in [0, 0.05) is 23.2 Å². The average Bonchev–Trinajstić information content (AvgIpc) is 2.41. The van der Waals surface area contributed by atoms with Crippen molar-refractivity contribution in [1.82, 2.24) is 5.32 Å². The normalized spacial score (nSPS) is 11.2. The van der Waals surface area contributed by atoms with E-state index in [0.717, 1.165) is 16.7 Å². The van der Waals surface area contributed by atoms with Crippen molar-refractivity contribution in [2.24, 2.45) is 0 Å². The summed E-state index contributed by atoms with van der Waals surface area (Å²) >= 11 is 12.3. The first kappa shape index (κ1) is 16.3. The van der Waals surface area contributed by atoms with Gasteiger partial charge in [0.2, 0.25) is 0 Å². The maximum atomic E-state index is 13.6. The number of hydrogen-bond acceptors (Lipinski definition) is 1. The fourth-order valence-electron chi connectivity index (χ4n) is 2.13. The quantitative estimate of drug-likeness (QED) is 0.770. The fraction of sp³-hybridized carbons (Fsp3) is 0.294. The summed E-state index contributed by atoms with van der Waals surface area (Å²) in [7, 11) is 0. The first-order valence-electron chi connectivity index (χ1n) is 6.86. The maximum absolute atomic E-state index is 13.6. The molecule has 0 saturated heterocycles. The Labute approximate surface area is 135 Å². The van der Waals surface area contributed by atoms with Crippen molar-refractivity contribution in [3.05, 3.63) is 57.3 Å². The molecular weight excluding hydrogens is 308 g/mol. The van der Waals surface area contributed by atoms with Crippen LogP contribution in [0.1, 0.15) is 25.0 Å². The molecule has 0 aliphatic carbocycles. The van der Waals surface area contributed by atoms with Crippen molar-refractivity contribution in [1.29, 1.82) is 0 Å². The summed E-state index contributed by atoms with van der Waals surface area (Å²) in [5.41, 5.74) is 3.39. The van der Waals surface area contributed by atoms with Crippen molar-refractivity contribution in [3.8, 4) is 11.1 Å². The highest BCUT2D eigenvalue weighted by Gasteiger charge is 2.12. The molecule has 2 aromatic rings. The third kappa shape index (κ3) is 3.97. The van der Waals surface area contributed by atoms with Crippen LogP contribution in [0.25, 0.3) is 11.1 Å². The maximum Gasteiger partial charge on any atom is 0.127 e. The summed E-state index contributed by atoms with van der Waals surface area (Å²) in [5.74, 6) is -0.298. The largest absolute Gasteiger partial charge is 0.310 e. The Morgan fingerprint density at radius 3 is 2.48 bits per heavy atom. The second-order valence-corrected chi connectivity index (χ2v) is 6.26. The second-order valence-electron chi connectivity index (χ2n) is 5.42. The van der Waals surface area contributed by atoms with Crippen LogP contribution in [0, 0.1) is 12.7 Å². The topological polar surface area (TPSA) is 12.0 Å². The first-order chi connectivity index (χ1) is 9.88. The van der Waals surface area contributed by atoms with Gasteiger partial charge in [-0.05, 0) is 47.9 Å². The number of hydrogen-bond donors (Lipinski definition) is 1. The van der Waals surface area contributed by atoms with Crippen molar-refractivity contribution in [3.63, 3.8) is 0 Å². The molecule has 1 N–H and O–H groups in total. The van der Waals surface area contributed by atoms with Gasteiger partial charge in [0.25, 0.3) is 0 Å². The highest BCUT2D eigenvalue weighted by atomic mass is 35.5. The first-order valence-corrected chi connectivity index (χ1v) is 7.62. The lowest BCUT2D eigenvalue weighted by Crippen LogP contribution is -2.22. The zero-order chi connectivity index (χ0) is 15.6. The number of benzene rings is 2. The molecule has 0 unspecified atom stereocenters. The van der Waals surface area contributed by atoms with E-state index >= 15 is 0 Å². The SMILES string of the molecule is Cc1cc(-c2cc(Cl)ccc2CNC(C)C)c(Cl)cc1F. The molecule has 0 aliphatic rings. The molecule has 0 spiro atoms. The highest BCUT2D eigenvalue weighted by Crippen LogP contribution is 2.34. The van der Waals surface area contributed by atoms with Crippen LogP contribution in [0.4, 0.5) is 4.39 Å². The van der Waals surface area contributed by atoms with Crippen LogP contribution < -0.4 is 5.32 Å². The number of rotatable bonds is 4. The van der Waals surface area contributed by atoms with Gasteiger partial charge >= 0.3 is 0 Å². The zero-order valence-corrected chi connectivity index (χ0v) is 13.8. The third-order valence-corrected chi connectivity index (χ3v) is 3.86. The van der Waals surface area contributed by atoms with Gasteiger partial charge in [0.05, 0.1) is 5.02 Å². The van der Waals surface area contributed by atoms with Crippen LogP contribution in [0.5, 0.6) is 0 Å². The number of halogens is 3. The van der Waals surface area contributed by atoms with Gasteiger partial charge in [-0.1, -0.05) is 43.1 Å². The lowest BCUT2D eigenvalue weighted by atomic mass is 9.97. The molecule has 0 fully saturated rings. The van der Waals surface area contributed by atoms with E-state index in [2.05, 4.69) is 19.2 Å².